The predicted molar refractivity (Wildman–Crippen MR) is 236 cm³/mol. The molecule has 1 unspecified atom stereocenters. The molecule has 0 saturated carbocycles. The van der Waals surface area contributed by atoms with E-state index in [1.54, 1.807) is 0 Å². The number of rotatable bonds is 4. The van der Waals surface area contributed by atoms with Crippen LogP contribution >= 0.6 is 23.5 Å². The third-order valence-corrected chi connectivity index (χ3v) is 14.2. The fourth-order valence-electron chi connectivity index (χ4n) is 7.95. The molecule has 3 heterocycles. The Hall–Kier alpha value is -3.80. The Balaban J connectivity index is 1.44. The maximum Gasteiger partial charge on any atom is 0.260 e. The van der Waals surface area contributed by atoms with Crippen LogP contribution in [0.5, 0.6) is 0 Å². The van der Waals surface area contributed by atoms with Gasteiger partial charge in [0.2, 0.25) is 0 Å². The number of thioether (sulfide) groups is 2. The summed E-state index contributed by atoms with van der Waals surface area (Å²) in [6, 6.07) is 42.2. The van der Waals surface area contributed by atoms with Gasteiger partial charge in [-0.05, 0) is 108 Å². The van der Waals surface area contributed by atoms with Crippen molar-refractivity contribution in [2.45, 2.75) is 103 Å². The fraction of sp³-hybridized carbons (Fsp3) is 0.333. The molecule has 0 N–H and O–H groups in total. The third kappa shape index (κ3) is 6.36. The van der Waals surface area contributed by atoms with E-state index in [1.807, 2.05) is 11.8 Å². The lowest BCUT2D eigenvalue weighted by Crippen LogP contribution is -2.55. The first-order valence-electron chi connectivity index (χ1n) is 19.3. The normalized spacial score (nSPS) is 17.0. The zero-order chi connectivity index (χ0) is 37.6. The van der Waals surface area contributed by atoms with E-state index >= 15 is 0 Å². The average molecular weight is 733 g/mol. The van der Waals surface area contributed by atoms with Crippen LogP contribution in [0, 0.1) is 0 Å². The molecule has 0 amide bonds. The van der Waals surface area contributed by atoms with Gasteiger partial charge in [-0.25, -0.2) is 0 Å². The summed E-state index contributed by atoms with van der Waals surface area (Å²) in [5.41, 5.74) is 16.0. The van der Waals surface area contributed by atoms with E-state index in [1.165, 1.54) is 77.0 Å². The highest BCUT2D eigenvalue weighted by Crippen LogP contribution is 2.61. The summed E-state index contributed by atoms with van der Waals surface area (Å²) in [7, 11) is 0. The summed E-state index contributed by atoms with van der Waals surface area (Å²) in [4.78, 5) is 6.65. The van der Waals surface area contributed by atoms with E-state index in [4.69, 9.17) is 0 Å². The largest absolute Gasteiger partial charge is 0.311 e. The van der Waals surface area contributed by atoms with E-state index < -0.39 is 0 Å². The van der Waals surface area contributed by atoms with Crippen LogP contribution in [-0.2, 0) is 16.2 Å². The molecule has 1 atom stereocenters. The van der Waals surface area contributed by atoms with E-state index in [0.717, 1.165) is 0 Å². The summed E-state index contributed by atoms with van der Waals surface area (Å²) in [6.07, 6.45) is 0. The summed E-state index contributed by atoms with van der Waals surface area (Å²) in [6.45, 7) is 25.7. The number of fused-ring (bicyclic) bond motifs is 3. The molecule has 0 spiro atoms. The lowest BCUT2D eigenvalue weighted by molar-refractivity contribution is 0.589. The molecule has 0 saturated heterocycles. The second-order valence-electron chi connectivity index (χ2n) is 18.5. The van der Waals surface area contributed by atoms with Gasteiger partial charge in [-0.1, -0.05) is 155 Å². The Morgan fingerprint density at radius 2 is 1.09 bits per heavy atom. The maximum atomic E-state index is 2.62. The Morgan fingerprint density at radius 1 is 0.547 bits per heavy atom. The van der Waals surface area contributed by atoms with E-state index in [-0.39, 0.29) is 27.5 Å². The third-order valence-electron chi connectivity index (χ3n) is 11.2. The summed E-state index contributed by atoms with van der Waals surface area (Å²) < 4.78 is 0.274. The van der Waals surface area contributed by atoms with Crippen molar-refractivity contribution in [3.8, 4) is 0 Å². The van der Waals surface area contributed by atoms with Gasteiger partial charge in [0.05, 0.1) is 9.61 Å². The summed E-state index contributed by atoms with van der Waals surface area (Å²) in [5, 5.41) is 1.37. The van der Waals surface area contributed by atoms with Crippen molar-refractivity contribution in [1.29, 1.82) is 0 Å². The van der Waals surface area contributed by atoms with Crippen molar-refractivity contribution < 1.29 is 0 Å². The van der Waals surface area contributed by atoms with E-state index in [9.17, 15) is 0 Å². The molecular formula is C48H53BN2S2. The Morgan fingerprint density at radius 3 is 1.68 bits per heavy atom. The lowest BCUT2D eigenvalue weighted by Gasteiger charge is -2.44. The fourth-order valence-corrected chi connectivity index (χ4v) is 11.1. The van der Waals surface area contributed by atoms with Crippen molar-refractivity contribution >= 4 is 69.6 Å². The lowest BCUT2D eigenvalue weighted by atomic mass is 9.37. The smallest absolute Gasteiger partial charge is 0.260 e. The zero-order valence-corrected chi connectivity index (χ0v) is 35.0. The first-order chi connectivity index (χ1) is 25.0. The van der Waals surface area contributed by atoms with Gasteiger partial charge in [-0.15, -0.1) is 11.8 Å². The van der Waals surface area contributed by atoms with Crippen LogP contribution < -0.4 is 20.7 Å². The minimum Gasteiger partial charge on any atom is -0.311 e. The van der Waals surface area contributed by atoms with Gasteiger partial charge in [0, 0.05) is 28.4 Å². The molecule has 270 valence electrons. The highest BCUT2D eigenvalue weighted by atomic mass is 32.2. The first kappa shape index (κ1) is 36.2. The van der Waals surface area contributed by atoms with Gasteiger partial charge in [0.15, 0.2) is 0 Å². The molecule has 2 nitrogen and oxygen atoms in total. The van der Waals surface area contributed by atoms with Gasteiger partial charge in [-0.2, -0.15) is 0 Å². The minimum absolute atomic E-state index is 0.0215. The van der Waals surface area contributed by atoms with Crippen molar-refractivity contribution in [2.75, 3.05) is 9.80 Å². The maximum absolute atomic E-state index is 2.62. The quantitative estimate of drug-likeness (QED) is 0.170. The monoisotopic (exact) mass is 732 g/mol. The predicted octanol–water partition coefficient (Wildman–Crippen LogP) is 13.1. The number of hydrogen-bond acceptors (Lipinski definition) is 4. The molecule has 8 rings (SSSR count). The second kappa shape index (κ2) is 12.9. The molecule has 5 aromatic carbocycles. The van der Waals surface area contributed by atoms with Crippen LogP contribution in [0.2, 0.25) is 0 Å². The van der Waals surface area contributed by atoms with Crippen LogP contribution in [0.4, 0.5) is 28.4 Å². The number of hydrogen-bond donors (Lipinski definition) is 0. The topological polar surface area (TPSA) is 6.48 Å². The van der Waals surface area contributed by atoms with Gasteiger partial charge in [0.1, 0.15) is 0 Å². The molecule has 5 aromatic rings. The highest BCUT2D eigenvalue weighted by molar-refractivity contribution is 8.24. The van der Waals surface area contributed by atoms with Crippen molar-refractivity contribution in [3.05, 3.63) is 147 Å². The van der Waals surface area contributed by atoms with Gasteiger partial charge in [-0.3, -0.25) is 0 Å². The Labute approximate surface area is 327 Å². The molecule has 0 fully saturated rings. The molecule has 0 aromatic heterocycles. The van der Waals surface area contributed by atoms with Crippen LogP contribution in [0.3, 0.4) is 0 Å². The summed E-state index contributed by atoms with van der Waals surface area (Å²) >= 11 is 4.09. The SMILES string of the molecule is CC(C)c1ccc(N2C3=C(SC(c4ccccc4)S3)B3c4cc(C(C)(C)C)ccc4N(c4ccc(C(C)(C)C)cc4)c4cc(C(C)(C)C)cc2c43)cc1. The molecule has 0 radical (unpaired) electrons. The molecule has 3 aliphatic rings. The Bertz CT molecular complexity index is 2220. The van der Waals surface area contributed by atoms with Gasteiger partial charge in [0.25, 0.3) is 6.71 Å². The Kier molecular flexibility index (Phi) is 8.82. The molecule has 53 heavy (non-hydrogen) atoms. The highest BCUT2D eigenvalue weighted by Gasteiger charge is 2.49. The number of nitrogens with zero attached hydrogens (tertiary/aromatic N) is 2. The molecule has 0 aliphatic carbocycles. The number of anilines is 5. The summed E-state index contributed by atoms with van der Waals surface area (Å²) in [5.74, 6) is 0.479. The molecule has 5 heteroatoms. The van der Waals surface area contributed by atoms with Crippen molar-refractivity contribution in [2.24, 2.45) is 0 Å². The molecule has 0 bridgehead atoms. The molecular weight excluding hydrogens is 679 g/mol. The average Bonchev–Trinajstić information content (AvgIpc) is 3.55. The van der Waals surface area contributed by atoms with E-state index in [0.29, 0.717) is 5.92 Å². The number of benzene rings is 5. The van der Waals surface area contributed by atoms with Crippen LogP contribution in [0.25, 0.3) is 0 Å². The zero-order valence-electron chi connectivity index (χ0n) is 33.3. The van der Waals surface area contributed by atoms with Crippen LogP contribution in [0.1, 0.15) is 114 Å². The van der Waals surface area contributed by atoms with Crippen LogP contribution in [-0.4, -0.2) is 6.71 Å². The molecule has 3 aliphatic heterocycles. The second-order valence-corrected chi connectivity index (χ2v) is 21.0. The van der Waals surface area contributed by atoms with Crippen LogP contribution in [0.15, 0.2) is 119 Å². The minimum atomic E-state index is -0.0505. The standard InChI is InChI=1S/C48H53BN2S2/c1-30(2)31-17-22-37(23-18-31)51-41-29-35(48(9,10)11)28-40-42(41)49(43-44(51)53-45(52-43)32-15-13-12-14-16-32)38-27-34(47(6,7)8)21-26-39(38)50(40)36-24-19-33(20-25-36)46(3,4)5/h12-30,45H,1-11H3. The van der Waals surface area contributed by atoms with Gasteiger partial charge >= 0.3 is 0 Å². The van der Waals surface area contributed by atoms with E-state index in [2.05, 4.69) is 207 Å². The van der Waals surface area contributed by atoms with Crippen molar-refractivity contribution in [1.82, 2.24) is 0 Å². The first-order valence-corrected chi connectivity index (χ1v) is 21.0. The van der Waals surface area contributed by atoms with Crippen molar-refractivity contribution in [3.63, 3.8) is 0 Å². The van der Waals surface area contributed by atoms with Gasteiger partial charge < -0.3 is 9.80 Å².